The number of non-ortho nitro benzene ring substituents is 1. The van der Waals surface area contributed by atoms with E-state index in [2.05, 4.69) is 4.90 Å². The van der Waals surface area contributed by atoms with Crippen LogP contribution in [0.1, 0.15) is 47.5 Å². The van der Waals surface area contributed by atoms with Crippen molar-refractivity contribution < 1.29 is 4.92 Å². The second kappa shape index (κ2) is 7.92. The number of hydrogen-bond acceptors (Lipinski definition) is 6. The van der Waals surface area contributed by atoms with Crippen molar-refractivity contribution in [2.45, 2.75) is 51.6 Å². The third-order valence-electron chi connectivity index (χ3n) is 6.21. The van der Waals surface area contributed by atoms with Crippen molar-refractivity contribution in [2.24, 2.45) is 0 Å². The molecule has 0 bridgehead atoms. The number of benzene rings is 1. The Bertz CT molecular complexity index is 1160. The van der Waals surface area contributed by atoms with Gasteiger partial charge < -0.3 is 0 Å². The van der Waals surface area contributed by atoms with Gasteiger partial charge in [-0.25, -0.2) is 4.98 Å². The quantitative estimate of drug-likeness (QED) is 0.458. The minimum absolute atomic E-state index is 0.0342. The lowest BCUT2D eigenvalue weighted by atomic mass is 9.97. The Hall–Kier alpha value is -2.58. The normalized spacial score (nSPS) is 16.8. The Morgan fingerprint density at radius 2 is 1.77 bits per heavy atom. The minimum atomic E-state index is -0.403. The summed E-state index contributed by atoms with van der Waals surface area (Å²) in [5.41, 5.74) is 2.16. The van der Waals surface area contributed by atoms with Crippen molar-refractivity contribution in [1.29, 1.82) is 0 Å². The highest BCUT2D eigenvalue weighted by molar-refractivity contribution is 7.18. The Morgan fingerprint density at radius 1 is 1.03 bits per heavy atom. The van der Waals surface area contributed by atoms with Crippen LogP contribution in [0.25, 0.3) is 10.2 Å². The van der Waals surface area contributed by atoms with Crippen LogP contribution in [-0.2, 0) is 25.9 Å². The number of thiophene rings is 1. The standard InChI is InChI=1S/C22H24N4O3S/c27-22-20-17-5-1-2-6-18(17)30-21(20)23-19(14-24-11-3-4-12-24)25(22)13-15-7-9-16(10-8-15)26(28)29/h7-10H,1-6,11-14H2. The van der Waals surface area contributed by atoms with Crippen LogP contribution in [0.2, 0.25) is 0 Å². The molecule has 2 aromatic heterocycles. The van der Waals surface area contributed by atoms with Gasteiger partial charge in [-0.15, -0.1) is 11.3 Å². The average Bonchev–Trinajstić information content (AvgIpc) is 3.38. The molecule has 0 saturated carbocycles. The van der Waals surface area contributed by atoms with Gasteiger partial charge in [-0.3, -0.25) is 24.4 Å². The molecule has 1 fully saturated rings. The van der Waals surface area contributed by atoms with Crippen LogP contribution in [0, 0.1) is 10.1 Å². The van der Waals surface area contributed by atoms with Gasteiger partial charge in [-0.05, 0) is 62.7 Å². The van der Waals surface area contributed by atoms with Gasteiger partial charge in [0.1, 0.15) is 10.7 Å². The molecule has 0 N–H and O–H groups in total. The topological polar surface area (TPSA) is 81.3 Å². The minimum Gasteiger partial charge on any atom is -0.296 e. The van der Waals surface area contributed by atoms with E-state index in [1.165, 1.54) is 41.8 Å². The fourth-order valence-corrected chi connectivity index (χ4v) is 5.88. The van der Waals surface area contributed by atoms with E-state index in [4.69, 9.17) is 4.98 Å². The molecule has 0 unspecified atom stereocenters. The van der Waals surface area contributed by atoms with Crippen LogP contribution in [0.4, 0.5) is 5.69 Å². The van der Waals surface area contributed by atoms with E-state index in [1.807, 2.05) is 0 Å². The second-order valence-corrected chi connectivity index (χ2v) is 9.30. The van der Waals surface area contributed by atoms with Gasteiger partial charge in [0.25, 0.3) is 11.2 Å². The van der Waals surface area contributed by atoms with Crippen molar-refractivity contribution >= 4 is 27.2 Å². The first-order chi connectivity index (χ1) is 14.6. The molecule has 7 nitrogen and oxygen atoms in total. The van der Waals surface area contributed by atoms with Crippen LogP contribution < -0.4 is 5.56 Å². The summed E-state index contributed by atoms with van der Waals surface area (Å²) in [4.78, 5) is 33.7. The molecule has 0 spiro atoms. The first kappa shape index (κ1) is 19.4. The zero-order valence-corrected chi connectivity index (χ0v) is 17.6. The molecule has 3 aromatic rings. The zero-order valence-electron chi connectivity index (χ0n) is 16.8. The molecular weight excluding hydrogens is 400 g/mol. The first-order valence-electron chi connectivity index (χ1n) is 10.6. The molecule has 5 rings (SSSR count). The highest BCUT2D eigenvalue weighted by atomic mass is 32.1. The SMILES string of the molecule is O=c1c2c3c(sc2nc(CN2CCCC2)n1Cc1ccc([N+](=O)[O-])cc1)CCCC3. The van der Waals surface area contributed by atoms with Crippen molar-refractivity contribution in [3.63, 3.8) is 0 Å². The number of nitrogens with zero attached hydrogens (tertiary/aromatic N) is 4. The molecule has 2 aliphatic rings. The lowest BCUT2D eigenvalue weighted by Crippen LogP contribution is -2.30. The van der Waals surface area contributed by atoms with Crippen molar-refractivity contribution in [3.8, 4) is 0 Å². The first-order valence-corrected chi connectivity index (χ1v) is 11.4. The molecule has 1 saturated heterocycles. The molecule has 30 heavy (non-hydrogen) atoms. The molecule has 0 radical (unpaired) electrons. The predicted molar refractivity (Wildman–Crippen MR) is 117 cm³/mol. The van der Waals surface area contributed by atoms with E-state index >= 15 is 0 Å². The number of fused-ring (bicyclic) bond motifs is 3. The van der Waals surface area contributed by atoms with Crippen LogP contribution >= 0.6 is 11.3 Å². The monoisotopic (exact) mass is 424 g/mol. The maximum atomic E-state index is 13.6. The lowest BCUT2D eigenvalue weighted by molar-refractivity contribution is -0.384. The lowest BCUT2D eigenvalue weighted by Gasteiger charge is -2.18. The summed E-state index contributed by atoms with van der Waals surface area (Å²) in [6.07, 6.45) is 6.66. The molecule has 1 aliphatic carbocycles. The number of nitro groups is 1. The summed E-state index contributed by atoms with van der Waals surface area (Å²) in [5, 5.41) is 11.8. The molecule has 0 amide bonds. The number of aryl methyl sites for hydroxylation is 2. The molecular formula is C22H24N4O3S. The van der Waals surface area contributed by atoms with Gasteiger partial charge in [-0.2, -0.15) is 0 Å². The number of rotatable bonds is 5. The Morgan fingerprint density at radius 3 is 2.50 bits per heavy atom. The predicted octanol–water partition coefficient (Wildman–Crippen LogP) is 3.89. The van der Waals surface area contributed by atoms with E-state index in [0.717, 1.165) is 54.0 Å². The summed E-state index contributed by atoms with van der Waals surface area (Å²) >= 11 is 1.69. The van der Waals surface area contributed by atoms with E-state index < -0.39 is 4.92 Å². The van der Waals surface area contributed by atoms with Gasteiger partial charge >= 0.3 is 0 Å². The van der Waals surface area contributed by atoms with E-state index in [-0.39, 0.29) is 11.2 Å². The Balaban J connectivity index is 1.60. The van der Waals surface area contributed by atoms with Crippen LogP contribution in [0.5, 0.6) is 0 Å². The number of likely N-dealkylation sites (tertiary alicyclic amines) is 1. The summed E-state index contributed by atoms with van der Waals surface area (Å²) in [6.45, 7) is 3.12. The van der Waals surface area contributed by atoms with Gasteiger partial charge in [0.2, 0.25) is 0 Å². The maximum Gasteiger partial charge on any atom is 0.269 e. The summed E-state index contributed by atoms with van der Waals surface area (Å²) in [7, 11) is 0. The number of hydrogen-bond donors (Lipinski definition) is 0. The number of aromatic nitrogens is 2. The van der Waals surface area contributed by atoms with Gasteiger partial charge in [0, 0.05) is 17.0 Å². The van der Waals surface area contributed by atoms with Crippen LogP contribution in [0.3, 0.4) is 0 Å². The molecule has 156 valence electrons. The highest BCUT2D eigenvalue weighted by Crippen LogP contribution is 2.34. The summed E-state index contributed by atoms with van der Waals surface area (Å²) < 4.78 is 1.80. The fraction of sp³-hybridized carbons (Fsp3) is 0.455. The third-order valence-corrected chi connectivity index (χ3v) is 7.39. The van der Waals surface area contributed by atoms with Crippen LogP contribution in [-0.4, -0.2) is 32.5 Å². The van der Waals surface area contributed by atoms with Crippen molar-refractivity contribution in [1.82, 2.24) is 14.5 Å². The summed E-state index contributed by atoms with van der Waals surface area (Å²) in [5.74, 6) is 0.798. The average molecular weight is 425 g/mol. The largest absolute Gasteiger partial charge is 0.296 e. The molecule has 1 aromatic carbocycles. The Kier molecular flexibility index (Phi) is 5.12. The van der Waals surface area contributed by atoms with Crippen LogP contribution in [0.15, 0.2) is 29.1 Å². The fourth-order valence-electron chi connectivity index (χ4n) is 4.61. The van der Waals surface area contributed by atoms with E-state index in [9.17, 15) is 14.9 Å². The third kappa shape index (κ3) is 3.54. The highest BCUT2D eigenvalue weighted by Gasteiger charge is 2.23. The number of nitro benzene ring substituents is 1. The van der Waals surface area contributed by atoms with Crippen molar-refractivity contribution in [3.05, 3.63) is 66.6 Å². The van der Waals surface area contributed by atoms with Gasteiger partial charge in [-0.1, -0.05) is 12.1 Å². The van der Waals surface area contributed by atoms with Crippen molar-refractivity contribution in [2.75, 3.05) is 13.1 Å². The molecule has 8 heteroatoms. The van der Waals surface area contributed by atoms with Gasteiger partial charge in [0.15, 0.2) is 0 Å². The molecule has 1 aliphatic heterocycles. The maximum absolute atomic E-state index is 13.6. The van der Waals surface area contributed by atoms with E-state index in [0.29, 0.717) is 13.1 Å². The summed E-state index contributed by atoms with van der Waals surface area (Å²) in [6, 6.07) is 6.47. The molecule has 3 heterocycles. The zero-order chi connectivity index (χ0) is 20.7. The molecule has 0 atom stereocenters. The Labute approximate surface area is 178 Å². The second-order valence-electron chi connectivity index (χ2n) is 8.22. The van der Waals surface area contributed by atoms with Gasteiger partial charge in [0.05, 0.1) is 23.4 Å². The van der Waals surface area contributed by atoms with E-state index in [1.54, 1.807) is 28.0 Å². The smallest absolute Gasteiger partial charge is 0.269 e.